The van der Waals surface area contributed by atoms with Gasteiger partial charge >= 0.3 is 0 Å². The van der Waals surface area contributed by atoms with Gasteiger partial charge in [0.25, 0.3) is 15.9 Å². The number of carbonyl (C=O) groups excluding carboxylic acids is 1. The predicted octanol–water partition coefficient (Wildman–Crippen LogP) is 3.76. The Kier molecular flexibility index (Phi) is 4.02. The fourth-order valence-electron chi connectivity index (χ4n) is 3.70. The smallest absolute Gasteiger partial charge is 0.262 e. The quantitative estimate of drug-likeness (QED) is 0.421. The highest BCUT2D eigenvalue weighted by Gasteiger charge is 2.26. The molecule has 0 spiro atoms. The van der Waals surface area contributed by atoms with Crippen molar-refractivity contribution in [3.8, 4) is 5.69 Å². The number of rotatable bonds is 4. The minimum Gasteiger partial charge on any atom is -0.321 e. The first-order valence-corrected chi connectivity index (χ1v) is 10.9. The van der Waals surface area contributed by atoms with E-state index in [1.54, 1.807) is 54.0 Å². The third-order valence-corrected chi connectivity index (χ3v) is 6.69. The van der Waals surface area contributed by atoms with E-state index in [2.05, 4.69) is 20.2 Å². The van der Waals surface area contributed by atoms with Crippen LogP contribution >= 0.6 is 12.2 Å². The monoisotopic (exact) mass is 437 g/mol. The van der Waals surface area contributed by atoms with Crippen LogP contribution in [0.1, 0.15) is 16.2 Å². The zero-order valence-corrected chi connectivity index (χ0v) is 17.3. The molecule has 2 heterocycles. The van der Waals surface area contributed by atoms with Crippen LogP contribution in [0.25, 0.3) is 16.5 Å². The average molecular weight is 438 g/mol. The molecule has 0 saturated carbocycles. The number of amides is 1. The number of benzene rings is 3. The van der Waals surface area contributed by atoms with Gasteiger partial charge in [-0.25, -0.2) is 8.42 Å². The Hall–Kier alpha value is -3.50. The Morgan fingerprint density at radius 3 is 2.67 bits per heavy atom. The lowest BCUT2D eigenvalue weighted by atomic mass is 10.1. The number of carbonyl (C=O) groups is 1. The second-order valence-electron chi connectivity index (χ2n) is 6.86. The van der Waals surface area contributed by atoms with Crippen LogP contribution < -0.4 is 10.0 Å². The molecule has 3 aromatic carbocycles. The average Bonchev–Trinajstić information content (AvgIpc) is 3.22. The third-order valence-electron chi connectivity index (χ3n) is 4.98. The van der Waals surface area contributed by atoms with E-state index in [1.165, 1.54) is 6.07 Å². The molecular formula is C20H15N5O3S2. The SMILES string of the molecule is Cc1n[nH]c(=S)n1-c1cccc(NS(=O)(=O)c2ccc3c4c(cccc24)C(=O)N3)c1. The summed E-state index contributed by atoms with van der Waals surface area (Å²) in [4.78, 5) is 12.2. The summed E-state index contributed by atoms with van der Waals surface area (Å²) in [5, 5.41) is 10.6. The number of aromatic amines is 1. The lowest BCUT2D eigenvalue weighted by Gasteiger charge is -2.13. The van der Waals surface area contributed by atoms with Gasteiger partial charge in [0.1, 0.15) is 5.82 Å². The van der Waals surface area contributed by atoms with Crippen LogP contribution in [-0.2, 0) is 10.0 Å². The van der Waals surface area contributed by atoms with Gasteiger partial charge in [-0.1, -0.05) is 18.2 Å². The van der Waals surface area contributed by atoms with E-state index in [0.717, 1.165) is 0 Å². The summed E-state index contributed by atoms with van der Waals surface area (Å²) in [6.45, 7) is 1.80. The number of nitrogens with zero attached hydrogens (tertiary/aromatic N) is 2. The molecule has 1 aliphatic rings. The van der Waals surface area contributed by atoms with Crippen LogP contribution in [0, 0.1) is 11.7 Å². The van der Waals surface area contributed by atoms with Crippen molar-refractivity contribution >= 4 is 50.3 Å². The first-order valence-electron chi connectivity index (χ1n) is 8.99. The molecule has 10 heteroatoms. The molecule has 4 aromatic rings. The molecule has 1 aliphatic heterocycles. The van der Waals surface area contributed by atoms with E-state index in [-0.39, 0.29) is 10.8 Å². The van der Waals surface area contributed by atoms with Crippen LogP contribution in [0.3, 0.4) is 0 Å². The fourth-order valence-corrected chi connectivity index (χ4v) is 5.23. The summed E-state index contributed by atoms with van der Waals surface area (Å²) >= 11 is 5.25. The molecule has 1 aromatic heterocycles. The molecule has 3 N–H and O–H groups in total. The Bertz CT molecular complexity index is 1520. The summed E-state index contributed by atoms with van der Waals surface area (Å²) in [5.41, 5.74) is 2.14. The molecule has 0 fully saturated rings. The number of aryl methyl sites for hydroxylation is 1. The normalized spacial score (nSPS) is 12.9. The van der Waals surface area contributed by atoms with Gasteiger partial charge in [0.2, 0.25) is 0 Å². The largest absolute Gasteiger partial charge is 0.321 e. The van der Waals surface area contributed by atoms with Gasteiger partial charge in [-0.05, 0) is 55.5 Å². The van der Waals surface area contributed by atoms with Gasteiger partial charge in [-0.15, -0.1) is 0 Å². The molecule has 8 nitrogen and oxygen atoms in total. The standard InChI is InChI=1S/C20H15N5O3S2/c1-11-22-23-20(29)25(11)13-5-2-4-12(10-13)24-30(27,28)17-9-8-16-18-14(17)6-3-7-15(18)19(26)21-16/h2-10,24H,1H3,(H,21,26)(H,23,29). The second kappa shape index (κ2) is 6.51. The van der Waals surface area contributed by atoms with Gasteiger partial charge in [0.15, 0.2) is 4.77 Å². The van der Waals surface area contributed by atoms with Crippen molar-refractivity contribution in [2.24, 2.45) is 0 Å². The minimum atomic E-state index is -3.92. The molecule has 0 saturated heterocycles. The maximum atomic E-state index is 13.2. The summed E-state index contributed by atoms with van der Waals surface area (Å²) in [7, 11) is -3.92. The van der Waals surface area contributed by atoms with Crippen molar-refractivity contribution in [1.82, 2.24) is 14.8 Å². The number of hydrogen-bond acceptors (Lipinski definition) is 5. The number of nitrogens with one attached hydrogen (secondary N) is 3. The highest BCUT2D eigenvalue weighted by atomic mass is 32.2. The molecule has 0 radical (unpaired) electrons. The van der Waals surface area contributed by atoms with Crippen molar-refractivity contribution in [2.75, 3.05) is 10.0 Å². The zero-order valence-electron chi connectivity index (χ0n) is 15.6. The molecule has 1 amide bonds. The molecular weight excluding hydrogens is 422 g/mol. The first kappa shape index (κ1) is 18.5. The van der Waals surface area contributed by atoms with Crippen molar-refractivity contribution in [2.45, 2.75) is 11.8 Å². The third kappa shape index (κ3) is 2.80. The van der Waals surface area contributed by atoms with Crippen LogP contribution in [0.5, 0.6) is 0 Å². The van der Waals surface area contributed by atoms with E-state index in [1.807, 2.05) is 6.07 Å². The topological polar surface area (TPSA) is 109 Å². The first-order chi connectivity index (χ1) is 14.3. The van der Waals surface area contributed by atoms with E-state index in [0.29, 0.717) is 44.0 Å². The van der Waals surface area contributed by atoms with Crippen LogP contribution in [0.4, 0.5) is 11.4 Å². The van der Waals surface area contributed by atoms with Gasteiger partial charge in [-0.2, -0.15) is 5.10 Å². The lowest BCUT2D eigenvalue weighted by molar-refractivity contribution is 0.103. The van der Waals surface area contributed by atoms with Crippen LogP contribution in [0.15, 0.2) is 59.5 Å². The summed E-state index contributed by atoms with van der Waals surface area (Å²) < 4.78 is 31.2. The molecule has 0 atom stereocenters. The Balaban J connectivity index is 1.59. The zero-order chi connectivity index (χ0) is 21.0. The fraction of sp³-hybridized carbons (Fsp3) is 0.0500. The van der Waals surface area contributed by atoms with Gasteiger partial charge in [-0.3, -0.25) is 19.2 Å². The van der Waals surface area contributed by atoms with Crippen LogP contribution in [-0.4, -0.2) is 29.1 Å². The van der Waals surface area contributed by atoms with Gasteiger partial charge < -0.3 is 5.32 Å². The van der Waals surface area contributed by atoms with Gasteiger partial charge in [0.05, 0.1) is 16.3 Å². The summed E-state index contributed by atoms with van der Waals surface area (Å²) in [5.74, 6) is 0.419. The number of H-pyrrole nitrogens is 1. The Morgan fingerprint density at radius 1 is 1.10 bits per heavy atom. The molecule has 5 rings (SSSR count). The van der Waals surface area contributed by atoms with E-state index in [4.69, 9.17) is 12.2 Å². The minimum absolute atomic E-state index is 0.0982. The second-order valence-corrected chi connectivity index (χ2v) is 8.90. The molecule has 0 aliphatic carbocycles. The molecule has 0 bridgehead atoms. The number of hydrogen-bond donors (Lipinski definition) is 3. The van der Waals surface area contributed by atoms with Crippen LogP contribution in [0.2, 0.25) is 0 Å². The molecule has 30 heavy (non-hydrogen) atoms. The van der Waals surface area contributed by atoms with Crippen molar-refractivity contribution in [1.29, 1.82) is 0 Å². The van der Waals surface area contributed by atoms with Crippen molar-refractivity contribution in [3.05, 3.63) is 70.8 Å². The Morgan fingerprint density at radius 2 is 1.90 bits per heavy atom. The van der Waals surface area contributed by atoms with E-state index >= 15 is 0 Å². The number of sulfonamides is 1. The summed E-state index contributed by atoms with van der Waals surface area (Å²) in [6.07, 6.45) is 0. The Labute approximate surface area is 176 Å². The maximum Gasteiger partial charge on any atom is 0.262 e. The predicted molar refractivity (Wildman–Crippen MR) is 116 cm³/mol. The summed E-state index contributed by atoms with van der Waals surface area (Å²) in [6, 6.07) is 15.0. The maximum absolute atomic E-state index is 13.2. The van der Waals surface area contributed by atoms with E-state index in [9.17, 15) is 13.2 Å². The highest BCUT2D eigenvalue weighted by Crippen LogP contribution is 2.37. The van der Waals surface area contributed by atoms with Crippen molar-refractivity contribution < 1.29 is 13.2 Å². The van der Waals surface area contributed by atoms with E-state index < -0.39 is 10.0 Å². The molecule has 0 unspecified atom stereocenters. The lowest BCUT2D eigenvalue weighted by Crippen LogP contribution is -2.13. The molecule has 150 valence electrons. The number of anilines is 2. The number of aromatic nitrogens is 3. The highest BCUT2D eigenvalue weighted by molar-refractivity contribution is 7.93. The van der Waals surface area contributed by atoms with Crippen molar-refractivity contribution in [3.63, 3.8) is 0 Å². The van der Waals surface area contributed by atoms with Gasteiger partial charge in [0, 0.05) is 22.0 Å².